The van der Waals surface area contributed by atoms with E-state index in [1.54, 1.807) is 0 Å². The largest absolute Gasteiger partial charge is 0.394 e. The van der Waals surface area contributed by atoms with Gasteiger partial charge in [0, 0.05) is 0 Å². The van der Waals surface area contributed by atoms with Gasteiger partial charge in [0.05, 0.1) is 26.4 Å². The summed E-state index contributed by atoms with van der Waals surface area (Å²) in [7, 11) is 0. The molecule has 10 N–H and O–H groups in total. The van der Waals surface area contributed by atoms with Crippen LogP contribution in [0.25, 0.3) is 0 Å². The van der Waals surface area contributed by atoms with Gasteiger partial charge in [-0.2, -0.15) is 0 Å². The Balaban J connectivity index is 0. The third-order valence-corrected chi connectivity index (χ3v) is 2.33. The van der Waals surface area contributed by atoms with E-state index in [4.69, 9.17) is 51.1 Å². The van der Waals surface area contributed by atoms with E-state index in [1.165, 1.54) is 0 Å². The number of hydrogen-bond acceptors (Lipinski definition) is 10. The summed E-state index contributed by atoms with van der Waals surface area (Å²) in [5, 5.41) is 85.1. The highest BCUT2D eigenvalue weighted by Crippen LogP contribution is 1.98. The Kier molecular flexibility index (Phi) is 13.5. The molecule has 10 heteroatoms. The van der Waals surface area contributed by atoms with Crippen LogP contribution in [0.4, 0.5) is 0 Å². The maximum Gasteiger partial charge on any atom is 0.110 e. The first-order valence-corrected chi connectivity index (χ1v) is 5.78. The van der Waals surface area contributed by atoms with Crippen molar-refractivity contribution in [2.24, 2.45) is 0 Å². The maximum absolute atomic E-state index is 8.77. The average Bonchev–Trinajstić information content (AvgIpc) is 2.50. The normalized spacial score (nSPS) is 17.4. The van der Waals surface area contributed by atoms with E-state index in [0.29, 0.717) is 0 Å². The van der Waals surface area contributed by atoms with Gasteiger partial charge >= 0.3 is 0 Å². The van der Waals surface area contributed by atoms with Gasteiger partial charge < -0.3 is 51.1 Å². The van der Waals surface area contributed by atoms with Gasteiger partial charge in [-0.3, -0.25) is 0 Å². The fourth-order valence-corrected chi connectivity index (χ4v) is 0.945. The van der Waals surface area contributed by atoms with E-state index in [9.17, 15) is 0 Å². The fourth-order valence-electron chi connectivity index (χ4n) is 0.945. The molecule has 0 aromatic carbocycles. The molecule has 0 amide bonds. The molecule has 0 heterocycles. The molecule has 10 nitrogen and oxygen atoms in total. The zero-order valence-electron chi connectivity index (χ0n) is 10.8. The third-order valence-electron chi connectivity index (χ3n) is 2.33. The lowest BCUT2D eigenvalue weighted by molar-refractivity contribution is -0.0900. The molecule has 0 aromatic rings. The molecule has 0 fully saturated rings. The highest BCUT2D eigenvalue weighted by atomic mass is 16.4. The predicted octanol–water partition coefficient (Wildman–Crippen LogP) is -5.89. The number of rotatable bonds is 8. The van der Waals surface area contributed by atoms with Crippen LogP contribution >= 0.6 is 0 Å². The van der Waals surface area contributed by atoms with Crippen molar-refractivity contribution in [1.29, 1.82) is 0 Å². The van der Waals surface area contributed by atoms with E-state index in [1.807, 2.05) is 0 Å². The second kappa shape index (κ2) is 12.3. The summed E-state index contributed by atoms with van der Waals surface area (Å²) >= 11 is 0. The van der Waals surface area contributed by atoms with Crippen LogP contribution in [0.1, 0.15) is 0 Å². The summed E-state index contributed by atoms with van der Waals surface area (Å²) < 4.78 is 0. The molecule has 20 heavy (non-hydrogen) atoms. The smallest absolute Gasteiger partial charge is 0.110 e. The van der Waals surface area contributed by atoms with Crippen molar-refractivity contribution in [3.05, 3.63) is 0 Å². The van der Waals surface area contributed by atoms with Crippen LogP contribution in [0.2, 0.25) is 0 Å². The van der Waals surface area contributed by atoms with Gasteiger partial charge in [-0.1, -0.05) is 0 Å². The average molecular weight is 304 g/mol. The van der Waals surface area contributed by atoms with E-state index in [-0.39, 0.29) is 0 Å². The molecule has 0 spiro atoms. The zero-order chi connectivity index (χ0) is 16.3. The van der Waals surface area contributed by atoms with Crippen LogP contribution in [-0.4, -0.2) is 114 Å². The summed E-state index contributed by atoms with van der Waals surface area (Å²) in [4.78, 5) is 0. The van der Waals surface area contributed by atoms with Crippen LogP contribution in [0.5, 0.6) is 0 Å². The second-order valence-electron chi connectivity index (χ2n) is 3.98. The summed E-state index contributed by atoms with van der Waals surface area (Å²) in [6.07, 6.45) is -8.58. The van der Waals surface area contributed by atoms with Crippen LogP contribution in [0.3, 0.4) is 0 Å². The Labute approximate surface area is 115 Å². The molecular formula is C10H24O10. The molecule has 0 aliphatic rings. The SMILES string of the molecule is OC[C@@H](O)C(O)[C@H](O)CO.OC[C@@H](O)C(O)[C@H](O)CO. The monoisotopic (exact) mass is 304 g/mol. The molecule has 0 rings (SSSR count). The van der Waals surface area contributed by atoms with Gasteiger partial charge in [0.15, 0.2) is 0 Å². The second-order valence-corrected chi connectivity index (χ2v) is 3.98. The Morgan fingerprint density at radius 3 is 0.650 bits per heavy atom. The first-order chi connectivity index (χ1) is 9.26. The number of aliphatic hydroxyl groups is 10. The summed E-state index contributed by atoms with van der Waals surface area (Å²) in [5.74, 6) is 0. The molecule has 0 aliphatic heterocycles. The zero-order valence-corrected chi connectivity index (χ0v) is 10.8. The van der Waals surface area contributed by atoms with Gasteiger partial charge in [0.2, 0.25) is 0 Å². The Morgan fingerprint density at radius 1 is 0.400 bits per heavy atom. The van der Waals surface area contributed by atoms with Crippen molar-refractivity contribution in [2.75, 3.05) is 26.4 Å². The van der Waals surface area contributed by atoms with Crippen LogP contribution in [-0.2, 0) is 0 Å². The molecule has 0 saturated heterocycles. The Morgan fingerprint density at radius 2 is 0.550 bits per heavy atom. The highest BCUT2D eigenvalue weighted by molar-refractivity contribution is 4.73. The van der Waals surface area contributed by atoms with Crippen molar-refractivity contribution in [2.45, 2.75) is 36.6 Å². The maximum atomic E-state index is 8.77. The van der Waals surface area contributed by atoms with Crippen molar-refractivity contribution >= 4 is 0 Å². The van der Waals surface area contributed by atoms with E-state index < -0.39 is 63.1 Å². The van der Waals surface area contributed by atoms with E-state index in [2.05, 4.69) is 0 Å². The lowest BCUT2D eigenvalue weighted by Crippen LogP contribution is -2.41. The standard InChI is InChI=1S/2C5H12O5/c2*6-1-3(8)5(10)4(9)2-7/h2*3-10H,1-2H2/t2*3-,4-/m11/s1. The quantitative estimate of drug-likeness (QED) is 0.206. The lowest BCUT2D eigenvalue weighted by atomic mass is 10.1. The minimum absolute atomic E-state index is 0.641. The van der Waals surface area contributed by atoms with Crippen molar-refractivity contribution < 1.29 is 51.1 Å². The summed E-state index contributed by atoms with van der Waals surface area (Å²) in [6.45, 7) is -2.56. The van der Waals surface area contributed by atoms with Gasteiger partial charge in [-0.15, -0.1) is 0 Å². The Bertz CT molecular complexity index is 174. The fraction of sp³-hybridized carbons (Fsp3) is 1.00. The number of aliphatic hydroxyl groups excluding tert-OH is 10. The summed E-state index contributed by atoms with van der Waals surface area (Å²) in [5.41, 5.74) is 0. The first-order valence-electron chi connectivity index (χ1n) is 5.78. The molecule has 0 bridgehead atoms. The van der Waals surface area contributed by atoms with Gasteiger partial charge in [0.1, 0.15) is 36.6 Å². The topological polar surface area (TPSA) is 202 Å². The molecule has 0 radical (unpaired) electrons. The third kappa shape index (κ3) is 8.71. The van der Waals surface area contributed by atoms with E-state index >= 15 is 0 Å². The van der Waals surface area contributed by atoms with Crippen molar-refractivity contribution in [1.82, 2.24) is 0 Å². The predicted molar refractivity (Wildman–Crippen MR) is 64.4 cm³/mol. The van der Waals surface area contributed by atoms with Crippen molar-refractivity contribution in [3.8, 4) is 0 Å². The minimum atomic E-state index is -1.49. The van der Waals surface area contributed by atoms with Crippen LogP contribution in [0.15, 0.2) is 0 Å². The van der Waals surface area contributed by atoms with Gasteiger partial charge in [-0.05, 0) is 0 Å². The summed E-state index contributed by atoms with van der Waals surface area (Å²) in [6, 6.07) is 0. The molecule has 4 atom stereocenters. The number of hydrogen-bond donors (Lipinski definition) is 10. The van der Waals surface area contributed by atoms with Crippen LogP contribution in [0, 0.1) is 0 Å². The molecule has 0 aromatic heterocycles. The minimum Gasteiger partial charge on any atom is -0.394 e. The Hall–Kier alpha value is -0.400. The first kappa shape index (κ1) is 21.9. The van der Waals surface area contributed by atoms with Gasteiger partial charge in [-0.25, -0.2) is 0 Å². The van der Waals surface area contributed by atoms with Crippen molar-refractivity contribution in [3.63, 3.8) is 0 Å². The lowest BCUT2D eigenvalue weighted by Gasteiger charge is -2.19. The van der Waals surface area contributed by atoms with E-state index in [0.717, 1.165) is 0 Å². The van der Waals surface area contributed by atoms with Gasteiger partial charge in [0.25, 0.3) is 0 Å². The molecular weight excluding hydrogens is 280 g/mol. The molecule has 0 unspecified atom stereocenters. The molecule has 0 saturated carbocycles. The van der Waals surface area contributed by atoms with Crippen LogP contribution < -0.4 is 0 Å². The molecule has 124 valence electrons. The highest BCUT2D eigenvalue weighted by Gasteiger charge is 2.23. The molecule has 0 aliphatic carbocycles.